The highest BCUT2D eigenvalue weighted by Gasteiger charge is 2.20. The summed E-state index contributed by atoms with van der Waals surface area (Å²) < 4.78 is 15.9. The molecule has 104 valence electrons. The fourth-order valence-electron chi connectivity index (χ4n) is 2.04. The molecule has 0 unspecified atom stereocenters. The largest absolute Gasteiger partial charge is 0.524 e. The molecule has 0 amide bonds. The van der Waals surface area contributed by atoms with E-state index in [0.717, 1.165) is 11.1 Å². The molecule has 20 heavy (non-hydrogen) atoms. The Morgan fingerprint density at radius 1 is 1.10 bits per heavy atom. The third-order valence-corrected chi connectivity index (χ3v) is 3.19. The highest BCUT2D eigenvalue weighted by molar-refractivity contribution is 7.46. The van der Waals surface area contributed by atoms with Crippen molar-refractivity contribution in [1.82, 2.24) is 0 Å². The molecule has 0 bridgehead atoms. The van der Waals surface area contributed by atoms with E-state index in [1.54, 1.807) is 18.2 Å². The van der Waals surface area contributed by atoms with E-state index in [0.29, 0.717) is 12.0 Å². The molecule has 0 radical (unpaired) electrons. The number of hydrogen-bond donors (Lipinski definition) is 2. The van der Waals surface area contributed by atoms with Crippen LogP contribution >= 0.6 is 7.82 Å². The normalized spacial score (nSPS) is 11.1. The van der Waals surface area contributed by atoms with Gasteiger partial charge in [-0.1, -0.05) is 48.5 Å². The minimum absolute atomic E-state index is 0.170. The molecule has 2 rings (SSSR count). The SMILES string of the molecule is C=CCc1cccc(OP(=O)(O)O)c1-c1ccccc1. The molecule has 0 heterocycles. The smallest absolute Gasteiger partial charge is 0.404 e. The number of rotatable bonds is 5. The van der Waals surface area contributed by atoms with Crippen LogP contribution in [0.5, 0.6) is 5.75 Å². The van der Waals surface area contributed by atoms with Crippen LogP contribution in [0.4, 0.5) is 0 Å². The maximum absolute atomic E-state index is 11.1. The highest BCUT2D eigenvalue weighted by atomic mass is 31.2. The maximum atomic E-state index is 11.1. The van der Waals surface area contributed by atoms with Gasteiger partial charge in [0, 0.05) is 5.56 Å². The van der Waals surface area contributed by atoms with Crippen molar-refractivity contribution in [1.29, 1.82) is 0 Å². The molecule has 2 aromatic rings. The topological polar surface area (TPSA) is 66.8 Å². The Morgan fingerprint density at radius 2 is 1.80 bits per heavy atom. The summed E-state index contributed by atoms with van der Waals surface area (Å²) in [6, 6.07) is 14.5. The van der Waals surface area contributed by atoms with Crippen LogP contribution in [0.1, 0.15) is 5.56 Å². The summed E-state index contributed by atoms with van der Waals surface area (Å²) >= 11 is 0. The van der Waals surface area contributed by atoms with E-state index in [-0.39, 0.29) is 5.75 Å². The lowest BCUT2D eigenvalue weighted by Crippen LogP contribution is -1.96. The average molecular weight is 290 g/mol. The Hall–Kier alpha value is -1.87. The molecule has 0 saturated heterocycles. The lowest BCUT2D eigenvalue weighted by molar-refractivity contribution is 0.283. The second-order valence-electron chi connectivity index (χ2n) is 4.23. The van der Waals surface area contributed by atoms with Crippen LogP contribution < -0.4 is 4.52 Å². The molecule has 0 saturated carbocycles. The van der Waals surface area contributed by atoms with Crippen LogP contribution in [0, 0.1) is 0 Å². The van der Waals surface area contributed by atoms with E-state index in [4.69, 9.17) is 14.3 Å². The lowest BCUT2D eigenvalue weighted by Gasteiger charge is -2.15. The van der Waals surface area contributed by atoms with E-state index in [1.807, 2.05) is 36.4 Å². The molecule has 0 aliphatic heterocycles. The maximum Gasteiger partial charge on any atom is 0.524 e. The zero-order valence-electron chi connectivity index (χ0n) is 10.8. The van der Waals surface area contributed by atoms with E-state index < -0.39 is 7.82 Å². The van der Waals surface area contributed by atoms with Gasteiger partial charge in [-0.2, -0.15) is 0 Å². The third-order valence-electron chi connectivity index (χ3n) is 2.76. The Balaban J connectivity index is 2.60. The van der Waals surface area contributed by atoms with Crippen molar-refractivity contribution < 1.29 is 18.9 Å². The zero-order chi connectivity index (χ0) is 14.6. The van der Waals surface area contributed by atoms with Crippen LogP contribution in [-0.2, 0) is 11.0 Å². The summed E-state index contributed by atoms with van der Waals surface area (Å²) in [5.41, 5.74) is 2.42. The monoisotopic (exact) mass is 290 g/mol. The van der Waals surface area contributed by atoms with Gasteiger partial charge in [-0.25, -0.2) is 4.57 Å². The number of hydrogen-bond acceptors (Lipinski definition) is 2. The highest BCUT2D eigenvalue weighted by Crippen LogP contribution is 2.43. The van der Waals surface area contributed by atoms with E-state index in [2.05, 4.69) is 6.58 Å². The van der Waals surface area contributed by atoms with Crippen LogP contribution in [-0.4, -0.2) is 9.79 Å². The van der Waals surface area contributed by atoms with Crippen molar-refractivity contribution in [2.75, 3.05) is 0 Å². The van der Waals surface area contributed by atoms with Crippen molar-refractivity contribution in [2.45, 2.75) is 6.42 Å². The van der Waals surface area contributed by atoms with Gasteiger partial charge in [0.05, 0.1) is 0 Å². The minimum Gasteiger partial charge on any atom is -0.404 e. The number of phosphoric ester groups is 1. The number of allylic oxidation sites excluding steroid dienone is 1. The fraction of sp³-hybridized carbons (Fsp3) is 0.0667. The molecule has 2 N–H and O–H groups in total. The van der Waals surface area contributed by atoms with Crippen molar-refractivity contribution in [3.05, 3.63) is 66.7 Å². The Morgan fingerprint density at radius 3 is 2.40 bits per heavy atom. The molecule has 0 spiro atoms. The average Bonchev–Trinajstić information content (AvgIpc) is 2.38. The first-order valence-corrected chi connectivity index (χ1v) is 7.57. The summed E-state index contributed by atoms with van der Waals surface area (Å²) in [5, 5.41) is 0. The lowest BCUT2D eigenvalue weighted by atomic mass is 9.97. The first kappa shape index (κ1) is 14.5. The molecule has 0 fully saturated rings. The summed E-state index contributed by atoms with van der Waals surface area (Å²) in [4.78, 5) is 18.1. The summed E-state index contributed by atoms with van der Waals surface area (Å²) in [6.45, 7) is 3.70. The van der Waals surface area contributed by atoms with Crippen LogP contribution in [0.25, 0.3) is 11.1 Å². The Labute approximate surface area is 117 Å². The van der Waals surface area contributed by atoms with Crippen LogP contribution in [0.15, 0.2) is 61.2 Å². The zero-order valence-corrected chi connectivity index (χ0v) is 11.7. The van der Waals surface area contributed by atoms with E-state index >= 15 is 0 Å². The van der Waals surface area contributed by atoms with Gasteiger partial charge in [0.25, 0.3) is 0 Å². The van der Waals surface area contributed by atoms with Gasteiger partial charge in [0.1, 0.15) is 5.75 Å². The van der Waals surface area contributed by atoms with Gasteiger partial charge in [0.2, 0.25) is 0 Å². The summed E-state index contributed by atoms with van der Waals surface area (Å²) in [7, 11) is -4.60. The van der Waals surface area contributed by atoms with Crippen LogP contribution in [0.2, 0.25) is 0 Å². The summed E-state index contributed by atoms with van der Waals surface area (Å²) in [5.74, 6) is 0.170. The second kappa shape index (κ2) is 6.06. The second-order valence-corrected chi connectivity index (χ2v) is 5.39. The quantitative estimate of drug-likeness (QED) is 0.652. The number of phosphoric acid groups is 1. The minimum atomic E-state index is -4.60. The van der Waals surface area contributed by atoms with E-state index in [9.17, 15) is 4.57 Å². The molecule has 0 aromatic heterocycles. The molecule has 0 aliphatic carbocycles. The molecular weight excluding hydrogens is 275 g/mol. The Kier molecular flexibility index (Phi) is 4.40. The van der Waals surface area contributed by atoms with Gasteiger partial charge in [-0.15, -0.1) is 6.58 Å². The fourth-order valence-corrected chi connectivity index (χ4v) is 2.45. The van der Waals surface area contributed by atoms with Crippen molar-refractivity contribution in [2.24, 2.45) is 0 Å². The van der Waals surface area contributed by atoms with E-state index in [1.165, 1.54) is 0 Å². The van der Waals surface area contributed by atoms with Gasteiger partial charge >= 0.3 is 7.82 Å². The van der Waals surface area contributed by atoms with Crippen molar-refractivity contribution in [3.63, 3.8) is 0 Å². The molecule has 4 nitrogen and oxygen atoms in total. The predicted molar refractivity (Wildman–Crippen MR) is 78.5 cm³/mol. The standard InChI is InChI=1S/C15H15O4P/c1-2-7-12-10-6-11-14(19-20(16,17)18)15(12)13-8-4-3-5-9-13/h2-6,8-11H,1,7H2,(H2,16,17,18). The van der Waals surface area contributed by atoms with Crippen molar-refractivity contribution >= 4 is 7.82 Å². The Bertz CT molecular complexity index is 646. The molecule has 0 atom stereocenters. The van der Waals surface area contributed by atoms with Crippen molar-refractivity contribution in [3.8, 4) is 16.9 Å². The molecule has 0 aliphatic rings. The van der Waals surface area contributed by atoms with Crippen LogP contribution in [0.3, 0.4) is 0 Å². The third kappa shape index (κ3) is 3.58. The predicted octanol–water partition coefficient (Wildman–Crippen LogP) is 3.55. The number of benzene rings is 2. The van der Waals surface area contributed by atoms with Gasteiger partial charge < -0.3 is 4.52 Å². The van der Waals surface area contributed by atoms with Gasteiger partial charge in [0.15, 0.2) is 0 Å². The van der Waals surface area contributed by atoms with Gasteiger partial charge in [-0.3, -0.25) is 9.79 Å². The molecule has 5 heteroatoms. The molecule has 2 aromatic carbocycles. The van der Waals surface area contributed by atoms with Gasteiger partial charge in [-0.05, 0) is 23.6 Å². The first-order chi connectivity index (χ1) is 9.51. The summed E-state index contributed by atoms with van der Waals surface area (Å²) in [6.07, 6.45) is 2.33. The molecular formula is C15H15O4P. The first-order valence-electron chi connectivity index (χ1n) is 6.04.